The van der Waals surface area contributed by atoms with Gasteiger partial charge in [-0.1, -0.05) is 24.3 Å². The zero-order valence-corrected chi connectivity index (χ0v) is 8.83. The zero-order valence-electron chi connectivity index (χ0n) is 8.83. The van der Waals surface area contributed by atoms with Crippen LogP contribution in [0.15, 0.2) is 42.5 Å². The van der Waals surface area contributed by atoms with Crippen molar-refractivity contribution in [2.75, 3.05) is 0 Å². The smallest absolute Gasteiger partial charge is 0.269 e. The molecular weight excluding hydrogens is 218 g/mol. The molecule has 1 atom stereocenters. The highest BCUT2D eigenvalue weighted by Crippen LogP contribution is 2.44. The molecule has 0 saturated heterocycles. The molecule has 1 N–H and O–H groups in total. The number of aliphatic hydroxyl groups is 1. The highest BCUT2D eigenvalue weighted by atomic mass is 16.6. The first kappa shape index (κ1) is 9.99. The molecule has 84 valence electrons. The summed E-state index contributed by atoms with van der Waals surface area (Å²) in [5.41, 5.74) is 3.25. The molecule has 0 bridgehead atoms. The van der Waals surface area contributed by atoms with Crippen molar-refractivity contribution < 1.29 is 10.0 Å². The lowest BCUT2D eigenvalue weighted by atomic mass is 10.1. The lowest BCUT2D eigenvalue weighted by Gasteiger charge is -2.04. The Morgan fingerprint density at radius 3 is 2.53 bits per heavy atom. The number of nitro benzene ring substituents is 1. The minimum atomic E-state index is -0.763. The maximum absolute atomic E-state index is 10.7. The Bertz CT molecular complexity index is 622. The third-order valence-corrected chi connectivity index (χ3v) is 3.09. The van der Waals surface area contributed by atoms with Crippen LogP contribution in [-0.4, -0.2) is 10.0 Å². The number of aliphatic hydroxyl groups excluding tert-OH is 1. The van der Waals surface area contributed by atoms with Gasteiger partial charge in [-0.25, -0.2) is 0 Å². The number of nitro groups is 1. The fourth-order valence-corrected chi connectivity index (χ4v) is 2.28. The summed E-state index contributed by atoms with van der Waals surface area (Å²) in [5, 5.41) is 20.8. The summed E-state index contributed by atoms with van der Waals surface area (Å²) in [4.78, 5) is 10.3. The largest absolute Gasteiger partial charge is 0.384 e. The van der Waals surface area contributed by atoms with Crippen molar-refractivity contribution in [3.05, 3.63) is 63.7 Å². The molecule has 17 heavy (non-hydrogen) atoms. The molecule has 0 radical (unpaired) electrons. The van der Waals surface area contributed by atoms with E-state index in [4.69, 9.17) is 0 Å². The Hall–Kier alpha value is -2.20. The Morgan fingerprint density at radius 2 is 1.76 bits per heavy atom. The van der Waals surface area contributed by atoms with Crippen LogP contribution in [-0.2, 0) is 0 Å². The standard InChI is InChI=1S/C13H9NO3/c15-13-11-4-2-1-3-9(11)10-6-5-8(14(16)17)7-12(10)13/h1-7,13,15H. The Labute approximate surface area is 97.3 Å². The Morgan fingerprint density at radius 1 is 1.06 bits per heavy atom. The summed E-state index contributed by atoms with van der Waals surface area (Å²) in [6.45, 7) is 0. The van der Waals surface area contributed by atoms with E-state index in [9.17, 15) is 15.2 Å². The summed E-state index contributed by atoms with van der Waals surface area (Å²) in [6, 6.07) is 12.1. The molecule has 0 saturated carbocycles. The van der Waals surface area contributed by atoms with Gasteiger partial charge in [0.05, 0.1) is 4.92 Å². The molecule has 4 heteroatoms. The molecule has 1 aliphatic carbocycles. The zero-order chi connectivity index (χ0) is 12.0. The predicted octanol–water partition coefficient (Wildman–Crippen LogP) is 2.66. The van der Waals surface area contributed by atoms with Crippen LogP contribution in [0.4, 0.5) is 5.69 Å². The average Bonchev–Trinajstić information content (AvgIpc) is 2.64. The monoisotopic (exact) mass is 227 g/mol. The molecule has 1 aliphatic rings. The summed E-state index contributed by atoms with van der Waals surface area (Å²) in [7, 11) is 0. The molecule has 0 spiro atoms. The first-order chi connectivity index (χ1) is 8.18. The fourth-order valence-electron chi connectivity index (χ4n) is 2.28. The predicted molar refractivity (Wildman–Crippen MR) is 62.6 cm³/mol. The van der Waals surface area contributed by atoms with Crippen molar-refractivity contribution in [2.24, 2.45) is 0 Å². The van der Waals surface area contributed by atoms with Gasteiger partial charge in [-0.3, -0.25) is 10.1 Å². The van der Waals surface area contributed by atoms with Crippen LogP contribution in [0.25, 0.3) is 11.1 Å². The van der Waals surface area contributed by atoms with Crippen LogP contribution in [0.1, 0.15) is 17.2 Å². The summed E-state index contributed by atoms with van der Waals surface area (Å²) in [5.74, 6) is 0. The second-order valence-electron chi connectivity index (χ2n) is 4.02. The van der Waals surface area contributed by atoms with Crippen molar-refractivity contribution in [3.63, 3.8) is 0 Å². The molecule has 0 fully saturated rings. The first-order valence-electron chi connectivity index (χ1n) is 5.24. The number of non-ortho nitro benzene ring substituents is 1. The van der Waals surface area contributed by atoms with E-state index >= 15 is 0 Å². The van der Waals surface area contributed by atoms with Crippen LogP contribution >= 0.6 is 0 Å². The molecule has 0 heterocycles. The normalized spacial score (nSPS) is 16.4. The van der Waals surface area contributed by atoms with Gasteiger partial charge in [0.15, 0.2) is 0 Å². The van der Waals surface area contributed by atoms with Gasteiger partial charge < -0.3 is 5.11 Å². The average molecular weight is 227 g/mol. The van der Waals surface area contributed by atoms with Crippen LogP contribution in [0.3, 0.4) is 0 Å². The van der Waals surface area contributed by atoms with Gasteiger partial charge in [-0.05, 0) is 28.3 Å². The van der Waals surface area contributed by atoms with Crippen molar-refractivity contribution in [2.45, 2.75) is 6.10 Å². The van der Waals surface area contributed by atoms with Crippen LogP contribution in [0.5, 0.6) is 0 Å². The molecule has 2 aromatic carbocycles. The van der Waals surface area contributed by atoms with E-state index in [1.165, 1.54) is 12.1 Å². The third-order valence-electron chi connectivity index (χ3n) is 3.09. The van der Waals surface area contributed by atoms with E-state index < -0.39 is 11.0 Å². The van der Waals surface area contributed by atoms with Gasteiger partial charge in [-0.15, -0.1) is 0 Å². The molecular formula is C13H9NO3. The summed E-state index contributed by atoms with van der Waals surface area (Å²) < 4.78 is 0. The second kappa shape index (κ2) is 3.40. The summed E-state index contributed by atoms with van der Waals surface area (Å²) in [6.07, 6.45) is -0.763. The van der Waals surface area contributed by atoms with Gasteiger partial charge >= 0.3 is 0 Å². The number of fused-ring (bicyclic) bond motifs is 3. The van der Waals surface area contributed by atoms with E-state index in [0.29, 0.717) is 5.56 Å². The maximum atomic E-state index is 10.7. The van der Waals surface area contributed by atoms with Crippen molar-refractivity contribution >= 4 is 5.69 Å². The topological polar surface area (TPSA) is 63.4 Å². The van der Waals surface area contributed by atoms with Crippen molar-refractivity contribution in [1.29, 1.82) is 0 Å². The lowest BCUT2D eigenvalue weighted by molar-refractivity contribution is -0.384. The Kier molecular flexibility index (Phi) is 2.00. The van der Waals surface area contributed by atoms with Crippen LogP contribution in [0, 0.1) is 10.1 Å². The Balaban J connectivity index is 2.24. The van der Waals surface area contributed by atoms with E-state index in [-0.39, 0.29) is 5.69 Å². The quantitative estimate of drug-likeness (QED) is 0.601. The molecule has 0 amide bonds. The summed E-state index contributed by atoms with van der Waals surface area (Å²) >= 11 is 0. The molecule has 1 unspecified atom stereocenters. The van der Waals surface area contributed by atoms with E-state index in [0.717, 1.165) is 16.7 Å². The highest BCUT2D eigenvalue weighted by Gasteiger charge is 2.28. The van der Waals surface area contributed by atoms with Crippen LogP contribution < -0.4 is 0 Å². The molecule has 4 nitrogen and oxygen atoms in total. The van der Waals surface area contributed by atoms with Gasteiger partial charge in [0.1, 0.15) is 6.10 Å². The minimum Gasteiger partial charge on any atom is -0.384 e. The van der Waals surface area contributed by atoms with E-state index in [2.05, 4.69) is 0 Å². The van der Waals surface area contributed by atoms with E-state index in [1.54, 1.807) is 6.07 Å². The van der Waals surface area contributed by atoms with Crippen molar-refractivity contribution in [1.82, 2.24) is 0 Å². The fraction of sp³-hybridized carbons (Fsp3) is 0.0769. The lowest BCUT2D eigenvalue weighted by Crippen LogP contribution is -1.95. The SMILES string of the molecule is O=[N+]([O-])c1ccc2c(c1)C(O)c1ccccc1-2. The van der Waals surface area contributed by atoms with Crippen LogP contribution in [0.2, 0.25) is 0 Å². The minimum absolute atomic E-state index is 0.00982. The maximum Gasteiger partial charge on any atom is 0.269 e. The molecule has 3 rings (SSSR count). The third kappa shape index (κ3) is 1.34. The van der Waals surface area contributed by atoms with Gasteiger partial charge in [-0.2, -0.15) is 0 Å². The number of nitrogens with zero attached hydrogens (tertiary/aromatic N) is 1. The first-order valence-corrected chi connectivity index (χ1v) is 5.24. The van der Waals surface area contributed by atoms with E-state index in [1.807, 2.05) is 24.3 Å². The van der Waals surface area contributed by atoms with Gasteiger partial charge in [0.2, 0.25) is 0 Å². The number of hydrogen-bond donors (Lipinski definition) is 1. The van der Waals surface area contributed by atoms with Crippen molar-refractivity contribution in [3.8, 4) is 11.1 Å². The second-order valence-corrected chi connectivity index (χ2v) is 4.02. The molecule has 0 aromatic heterocycles. The highest BCUT2D eigenvalue weighted by molar-refractivity contribution is 5.79. The van der Waals surface area contributed by atoms with Gasteiger partial charge in [0, 0.05) is 12.1 Å². The molecule has 0 aliphatic heterocycles. The van der Waals surface area contributed by atoms with Gasteiger partial charge in [0.25, 0.3) is 5.69 Å². The number of benzene rings is 2. The molecule has 2 aromatic rings. The number of rotatable bonds is 1. The number of hydrogen-bond acceptors (Lipinski definition) is 3.